The first-order valence-electron chi connectivity index (χ1n) is 7.49. The second-order valence-electron chi connectivity index (χ2n) is 5.24. The number of hydrazine groups is 1. The lowest BCUT2D eigenvalue weighted by atomic mass is 9.85. The van der Waals surface area contributed by atoms with Crippen LogP contribution in [0.4, 0.5) is 11.9 Å². The number of aliphatic hydroxyl groups is 1. The van der Waals surface area contributed by atoms with E-state index in [0.717, 1.165) is 32.1 Å². The molecule has 0 saturated heterocycles. The van der Waals surface area contributed by atoms with E-state index in [4.69, 9.17) is 10.6 Å². The van der Waals surface area contributed by atoms with Crippen molar-refractivity contribution in [3.05, 3.63) is 0 Å². The van der Waals surface area contributed by atoms with Gasteiger partial charge in [0, 0.05) is 18.6 Å². The molecule has 2 unspecified atom stereocenters. The molecule has 0 aliphatic heterocycles. The number of nitrogens with two attached hydrogens (primary N) is 1. The van der Waals surface area contributed by atoms with Gasteiger partial charge in [0.2, 0.25) is 11.9 Å². The smallest absolute Gasteiger partial charge is 0.323 e. The zero-order valence-electron chi connectivity index (χ0n) is 12.4. The molecule has 1 aliphatic rings. The zero-order valence-corrected chi connectivity index (χ0v) is 12.4. The van der Waals surface area contributed by atoms with Crippen LogP contribution >= 0.6 is 0 Å². The molecule has 0 bridgehead atoms. The minimum absolute atomic E-state index is 0.163. The fourth-order valence-corrected chi connectivity index (χ4v) is 2.53. The van der Waals surface area contributed by atoms with Gasteiger partial charge in [-0.15, -0.1) is 0 Å². The lowest BCUT2D eigenvalue weighted by Crippen LogP contribution is -2.35. The van der Waals surface area contributed by atoms with Crippen molar-refractivity contribution in [1.82, 2.24) is 15.0 Å². The fourth-order valence-electron chi connectivity index (χ4n) is 2.53. The van der Waals surface area contributed by atoms with Crippen LogP contribution < -0.4 is 21.3 Å². The second-order valence-corrected chi connectivity index (χ2v) is 5.24. The second kappa shape index (κ2) is 7.94. The summed E-state index contributed by atoms with van der Waals surface area (Å²) in [7, 11) is 0. The van der Waals surface area contributed by atoms with E-state index < -0.39 is 0 Å². The van der Waals surface area contributed by atoms with Crippen molar-refractivity contribution in [2.24, 2.45) is 11.8 Å². The molecule has 0 amide bonds. The first kappa shape index (κ1) is 15.7. The molecule has 1 fully saturated rings. The van der Waals surface area contributed by atoms with Gasteiger partial charge in [-0.3, -0.25) is 5.43 Å². The van der Waals surface area contributed by atoms with E-state index in [1.165, 1.54) is 0 Å². The van der Waals surface area contributed by atoms with E-state index in [1.807, 2.05) is 6.92 Å². The van der Waals surface area contributed by atoms with Crippen molar-refractivity contribution in [3.63, 3.8) is 0 Å². The van der Waals surface area contributed by atoms with Gasteiger partial charge in [0.05, 0.1) is 6.61 Å². The Hall–Kier alpha value is -1.67. The molecular formula is C13H24N6O2. The van der Waals surface area contributed by atoms with Gasteiger partial charge < -0.3 is 15.2 Å². The molecule has 118 valence electrons. The normalized spacial score (nSPS) is 21.9. The Kier molecular flexibility index (Phi) is 5.94. The van der Waals surface area contributed by atoms with Crippen LogP contribution in [0.5, 0.6) is 6.01 Å². The zero-order chi connectivity index (χ0) is 15.1. The fraction of sp³-hybridized carbons (Fsp3) is 0.769. The molecule has 1 heterocycles. The van der Waals surface area contributed by atoms with E-state index in [0.29, 0.717) is 12.6 Å². The summed E-state index contributed by atoms with van der Waals surface area (Å²) in [6.45, 7) is 2.72. The maximum absolute atomic E-state index is 9.46. The molecule has 5 N–H and O–H groups in total. The molecule has 8 heteroatoms. The van der Waals surface area contributed by atoms with Gasteiger partial charge in [-0.25, -0.2) is 5.84 Å². The predicted octanol–water partition coefficient (Wildman–Crippen LogP) is 0.909. The summed E-state index contributed by atoms with van der Waals surface area (Å²) in [5, 5.41) is 12.7. The number of hydrogen-bond donors (Lipinski definition) is 4. The first-order valence-corrected chi connectivity index (χ1v) is 7.49. The summed E-state index contributed by atoms with van der Waals surface area (Å²) in [6, 6.07) is 0.412. The number of nitrogens with zero attached hydrogens (tertiary/aromatic N) is 3. The van der Waals surface area contributed by atoms with Crippen LogP contribution in [0.15, 0.2) is 0 Å². The lowest BCUT2D eigenvalue weighted by Gasteiger charge is -2.30. The van der Waals surface area contributed by atoms with Crippen LogP contribution in [0.25, 0.3) is 0 Å². The molecule has 1 saturated carbocycles. The molecule has 21 heavy (non-hydrogen) atoms. The third-order valence-electron chi connectivity index (χ3n) is 3.64. The largest absolute Gasteiger partial charge is 0.463 e. The third-order valence-corrected chi connectivity index (χ3v) is 3.64. The average Bonchev–Trinajstić information content (AvgIpc) is 2.53. The van der Waals surface area contributed by atoms with E-state index in [-0.39, 0.29) is 30.5 Å². The summed E-state index contributed by atoms with van der Waals surface area (Å²) in [4.78, 5) is 12.5. The van der Waals surface area contributed by atoms with Crippen molar-refractivity contribution < 1.29 is 9.84 Å². The summed E-state index contributed by atoms with van der Waals surface area (Å²) < 4.78 is 5.43. The average molecular weight is 296 g/mol. The summed E-state index contributed by atoms with van der Waals surface area (Å²) >= 11 is 0. The molecule has 2 rings (SSSR count). The van der Waals surface area contributed by atoms with Crippen LogP contribution in [0.3, 0.4) is 0 Å². The molecule has 1 aromatic heterocycles. The van der Waals surface area contributed by atoms with Crippen molar-refractivity contribution in [3.8, 4) is 6.01 Å². The first-order chi connectivity index (χ1) is 10.3. The summed E-state index contributed by atoms with van der Waals surface area (Å²) in [5.41, 5.74) is 2.42. The molecule has 0 radical (unpaired) electrons. The highest BCUT2D eigenvalue weighted by atomic mass is 16.5. The number of hydrogen-bond acceptors (Lipinski definition) is 8. The SMILES string of the molecule is CCCOc1nc(NN)nc(NC2CCCCC2CO)n1. The Morgan fingerprint density at radius 2 is 2.00 bits per heavy atom. The van der Waals surface area contributed by atoms with E-state index in [2.05, 4.69) is 25.7 Å². The molecule has 1 aromatic rings. The third kappa shape index (κ3) is 4.40. The number of nitrogens with one attached hydrogen (secondary N) is 2. The van der Waals surface area contributed by atoms with Gasteiger partial charge in [0.15, 0.2) is 0 Å². The van der Waals surface area contributed by atoms with Crippen LogP contribution in [0.1, 0.15) is 39.0 Å². The Balaban J connectivity index is 2.10. The molecule has 8 nitrogen and oxygen atoms in total. The molecule has 2 atom stereocenters. The van der Waals surface area contributed by atoms with Crippen LogP contribution in [0, 0.1) is 5.92 Å². The minimum atomic E-state index is 0.163. The standard InChI is InChI=1S/C13H24N6O2/c1-2-7-21-13-17-11(16-12(18-13)19-14)15-10-6-4-3-5-9(10)8-20/h9-10,20H,2-8,14H2,1H3,(H2,15,16,17,18,19). The highest BCUT2D eigenvalue weighted by molar-refractivity contribution is 5.36. The predicted molar refractivity (Wildman–Crippen MR) is 79.9 cm³/mol. The van der Waals surface area contributed by atoms with Crippen molar-refractivity contribution in [2.45, 2.75) is 45.1 Å². The van der Waals surface area contributed by atoms with Gasteiger partial charge in [0.25, 0.3) is 0 Å². The number of aliphatic hydroxyl groups excluding tert-OH is 1. The Labute approximate surface area is 124 Å². The number of ether oxygens (including phenoxy) is 1. The minimum Gasteiger partial charge on any atom is -0.463 e. The lowest BCUT2D eigenvalue weighted by molar-refractivity contribution is 0.177. The van der Waals surface area contributed by atoms with Gasteiger partial charge in [-0.1, -0.05) is 19.8 Å². The Morgan fingerprint density at radius 1 is 1.24 bits per heavy atom. The highest BCUT2D eigenvalue weighted by Gasteiger charge is 2.25. The van der Waals surface area contributed by atoms with E-state index in [1.54, 1.807) is 0 Å². The monoisotopic (exact) mass is 296 g/mol. The number of nitrogen functional groups attached to an aromatic ring is 1. The maximum atomic E-state index is 9.46. The van der Waals surface area contributed by atoms with Gasteiger partial charge in [-0.05, 0) is 19.3 Å². The molecule has 0 aromatic carbocycles. The van der Waals surface area contributed by atoms with Gasteiger partial charge in [0.1, 0.15) is 0 Å². The Bertz CT molecular complexity index is 445. The van der Waals surface area contributed by atoms with E-state index >= 15 is 0 Å². The molecule has 1 aliphatic carbocycles. The van der Waals surface area contributed by atoms with Crippen LogP contribution in [-0.2, 0) is 0 Å². The van der Waals surface area contributed by atoms with Crippen LogP contribution in [-0.4, -0.2) is 39.3 Å². The Morgan fingerprint density at radius 3 is 2.71 bits per heavy atom. The van der Waals surface area contributed by atoms with Crippen molar-refractivity contribution in [2.75, 3.05) is 24.0 Å². The van der Waals surface area contributed by atoms with Crippen LogP contribution in [0.2, 0.25) is 0 Å². The van der Waals surface area contributed by atoms with Crippen molar-refractivity contribution >= 4 is 11.9 Å². The van der Waals surface area contributed by atoms with Gasteiger partial charge in [-0.2, -0.15) is 15.0 Å². The highest BCUT2D eigenvalue weighted by Crippen LogP contribution is 2.26. The number of rotatable bonds is 7. The number of anilines is 2. The van der Waals surface area contributed by atoms with Gasteiger partial charge >= 0.3 is 6.01 Å². The maximum Gasteiger partial charge on any atom is 0.323 e. The number of aromatic nitrogens is 3. The molecule has 0 spiro atoms. The summed E-state index contributed by atoms with van der Waals surface area (Å²) in [6.07, 6.45) is 5.17. The topological polar surface area (TPSA) is 118 Å². The van der Waals surface area contributed by atoms with E-state index in [9.17, 15) is 5.11 Å². The summed E-state index contributed by atoms with van der Waals surface area (Å²) in [5.74, 6) is 6.29. The quantitative estimate of drug-likeness (QED) is 0.433. The molecular weight excluding hydrogens is 272 g/mol. The van der Waals surface area contributed by atoms with Crippen molar-refractivity contribution in [1.29, 1.82) is 0 Å².